The molecule has 0 unspecified atom stereocenters. The largest absolute Gasteiger partial charge is 0.349 e. The van der Waals surface area contributed by atoms with Crippen LogP contribution in [0.4, 0.5) is 5.69 Å². The van der Waals surface area contributed by atoms with Gasteiger partial charge < -0.3 is 4.74 Å². The van der Waals surface area contributed by atoms with Gasteiger partial charge in [0.1, 0.15) is 0 Å². The van der Waals surface area contributed by atoms with Crippen LogP contribution in [0.25, 0.3) is 0 Å². The molecular formula is C29H22ClNO5. The smallest absolute Gasteiger partial charge is 0.241 e. The second kappa shape index (κ2) is 7.95. The van der Waals surface area contributed by atoms with Crippen LogP contribution in [-0.4, -0.2) is 29.0 Å². The Morgan fingerprint density at radius 2 is 1.39 bits per heavy atom. The van der Waals surface area contributed by atoms with Crippen LogP contribution >= 0.6 is 11.6 Å². The van der Waals surface area contributed by atoms with Crippen molar-refractivity contribution in [2.45, 2.75) is 31.5 Å². The molecule has 0 aromatic heterocycles. The number of ether oxygens (including phenoxy) is 1. The van der Waals surface area contributed by atoms with Gasteiger partial charge in [-0.15, -0.1) is 0 Å². The fourth-order valence-corrected chi connectivity index (χ4v) is 5.86. The van der Waals surface area contributed by atoms with Gasteiger partial charge in [-0.05, 0) is 41.3 Å². The van der Waals surface area contributed by atoms with E-state index in [9.17, 15) is 19.2 Å². The summed E-state index contributed by atoms with van der Waals surface area (Å²) in [6, 6.07) is 20.3. The van der Waals surface area contributed by atoms with Crippen LogP contribution < -0.4 is 4.90 Å². The molecule has 0 N–H and O–H groups in total. The summed E-state index contributed by atoms with van der Waals surface area (Å²) in [6.07, 6.45) is -0.967. The lowest BCUT2D eigenvalue weighted by Gasteiger charge is -2.27. The average molecular weight is 500 g/mol. The molecule has 2 amide bonds. The number of halogens is 1. The highest BCUT2D eigenvalue weighted by molar-refractivity contribution is 6.37. The predicted octanol–water partition coefficient (Wildman–Crippen LogP) is 5.16. The number of rotatable bonds is 3. The molecule has 3 aromatic carbocycles. The van der Waals surface area contributed by atoms with Crippen LogP contribution in [-0.2, 0) is 14.3 Å². The molecule has 0 bridgehead atoms. The van der Waals surface area contributed by atoms with E-state index in [-0.39, 0.29) is 17.0 Å². The van der Waals surface area contributed by atoms with Crippen molar-refractivity contribution in [1.29, 1.82) is 0 Å². The SMILES string of the molecule is CC(C)c1ccc(N2C(=O)[C@H]3[C@@H](c4ccc(Cl)cc4)OC4(C(=O)c5ccccc5C4=O)[C@@H]3C2=O)cc1. The summed E-state index contributed by atoms with van der Waals surface area (Å²) in [6.45, 7) is 4.11. The van der Waals surface area contributed by atoms with E-state index in [0.29, 0.717) is 16.3 Å². The lowest BCUT2D eigenvalue weighted by atomic mass is 9.77. The van der Waals surface area contributed by atoms with Crippen molar-refractivity contribution in [2.24, 2.45) is 11.8 Å². The molecule has 1 aliphatic carbocycles. The van der Waals surface area contributed by atoms with Crippen molar-refractivity contribution in [2.75, 3.05) is 4.90 Å². The predicted molar refractivity (Wildman–Crippen MR) is 133 cm³/mol. The molecule has 0 saturated carbocycles. The van der Waals surface area contributed by atoms with Crippen molar-refractivity contribution in [3.8, 4) is 0 Å². The third-order valence-electron chi connectivity index (χ3n) is 7.54. The third-order valence-corrected chi connectivity index (χ3v) is 7.79. The number of carbonyl (C=O) groups is 4. The molecule has 3 atom stereocenters. The van der Waals surface area contributed by atoms with Gasteiger partial charge >= 0.3 is 0 Å². The molecule has 7 heteroatoms. The quantitative estimate of drug-likeness (QED) is 0.367. The third kappa shape index (κ3) is 2.95. The Balaban J connectivity index is 1.51. The highest BCUT2D eigenvalue weighted by Crippen LogP contribution is 2.57. The van der Waals surface area contributed by atoms with Crippen LogP contribution in [0.15, 0.2) is 72.8 Å². The van der Waals surface area contributed by atoms with Gasteiger partial charge in [-0.1, -0.05) is 74.0 Å². The van der Waals surface area contributed by atoms with Gasteiger partial charge in [0.2, 0.25) is 29.0 Å². The first kappa shape index (κ1) is 22.8. The van der Waals surface area contributed by atoms with Crippen molar-refractivity contribution >= 4 is 40.7 Å². The van der Waals surface area contributed by atoms with Crippen LogP contribution in [0.5, 0.6) is 0 Å². The molecular weight excluding hydrogens is 478 g/mol. The van der Waals surface area contributed by atoms with Gasteiger partial charge in [-0.25, -0.2) is 4.90 Å². The van der Waals surface area contributed by atoms with Crippen molar-refractivity contribution in [3.05, 3.63) is 100 Å². The molecule has 2 heterocycles. The standard InChI is InChI=1S/C29H22ClNO5/c1-15(2)16-9-13-19(14-10-16)31-27(34)22-23(28(31)35)29(36-24(22)17-7-11-18(30)12-8-17)25(32)20-5-3-4-6-21(20)26(29)33/h3-15,22-24H,1-2H3/t22-,23+,24-/m1/s1. The van der Waals surface area contributed by atoms with Gasteiger partial charge in [0.05, 0.1) is 23.6 Å². The zero-order chi connectivity index (χ0) is 25.4. The van der Waals surface area contributed by atoms with E-state index in [1.54, 1.807) is 60.7 Å². The van der Waals surface area contributed by atoms with Crippen molar-refractivity contribution in [1.82, 2.24) is 0 Å². The molecule has 6 rings (SSSR count). The summed E-state index contributed by atoms with van der Waals surface area (Å²) in [5, 5.41) is 0.490. The van der Waals surface area contributed by atoms with E-state index in [0.717, 1.165) is 10.5 Å². The first-order chi connectivity index (χ1) is 17.3. The summed E-state index contributed by atoms with van der Waals surface area (Å²) in [5.74, 6) is -4.28. The summed E-state index contributed by atoms with van der Waals surface area (Å²) < 4.78 is 6.27. The maximum Gasteiger partial charge on any atom is 0.241 e. The molecule has 2 aliphatic heterocycles. The minimum atomic E-state index is -2.09. The number of Topliss-reactive ketones (excluding diaryl/α,β-unsaturated/α-hetero) is 2. The zero-order valence-electron chi connectivity index (χ0n) is 19.6. The summed E-state index contributed by atoms with van der Waals surface area (Å²) in [5.41, 5.74) is 0.368. The van der Waals surface area contributed by atoms with E-state index >= 15 is 0 Å². The topological polar surface area (TPSA) is 80.8 Å². The second-order valence-electron chi connectivity index (χ2n) is 9.79. The van der Waals surface area contributed by atoms with E-state index in [4.69, 9.17) is 16.3 Å². The molecule has 2 fully saturated rings. The van der Waals surface area contributed by atoms with Crippen molar-refractivity contribution < 1.29 is 23.9 Å². The second-order valence-corrected chi connectivity index (χ2v) is 10.2. The number of amides is 2. The molecule has 2 saturated heterocycles. The van der Waals surface area contributed by atoms with Crippen LogP contribution in [0.3, 0.4) is 0 Å². The fourth-order valence-electron chi connectivity index (χ4n) is 5.73. The van der Waals surface area contributed by atoms with Crippen LogP contribution in [0.1, 0.15) is 57.7 Å². The Labute approximate surface area is 212 Å². The monoisotopic (exact) mass is 499 g/mol. The van der Waals surface area contributed by atoms with E-state index < -0.39 is 46.9 Å². The number of imide groups is 1. The van der Waals surface area contributed by atoms with Crippen molar-refractivity contribution in [3.63, 3.8) is 0 Å². The maximum absolute atomic E-state index is 14.0. The molecule has 0 radical (unpaired) electrons. The number of anilines is 1. The summed E-state index contributed by atoms with van der Waals surface area (Å²) in [4.78, 5) is 56.5. The van der Waals surface area contributed by atoms with E-state index in [1.807, 2.05) is 12.1 Å². The number of fused-ring (bicyclic) bond motifs is 3. The minimum absolute atomic E-state index is 0.206. The molecule has 1 spiro atoms. The van der Waals surface area contributed by atoms with Crippen LogP contribution in [0.2, 0.25) is 5.02 Å². The number of hydrogen-bond donors (Lipinski definition) is 0. The Morgan fingerprint density at radius 1 is 0.806 bits per heavy atom. The molecule has 3 aromatic rings. The number of nitrogens with zero attached hydrogens (tertiary/aromatic N) is 1. The normalized spacial score (nSPS) is 24.2. The number of benzene rings is 3. The summed E-state index contributed by atoms with van der Waals surface area (Å²) >= 11 is 6.07. The molecule has 6 nitrogen and oxygen atoms in total. The lowest BCUT2D eigenvalue weighted by Crippen LogP contribution is -2.51. The van der Waals surface area contributed by atoms with E-state index in [2.05, 4.69) is 13.8 Å². The average Bonchev–Trinajstić information content (AvgIpc) is 3.44. The fraction of sp³-hybridized carbons (Fsp3) is 0.241. The Morgan fingerprint density at radius 3 is 1.94 bits per heavy atom. The zero-order valence-corrected chi connectivity index (χ0v) is 20.4. The summed E-state index contributed by atoms with van der Waals surface area (Å²) in [7, 11) is 0. The number of ketones is 2. The lowest BCUT2D eigenvalue weighted by molar-refractivity contribution is -0.127. The molecule has 3 aliphatic rings. The highest BCUT2D eigenvalue weighted by atomic mass is 35.5. The first-order valence-corrected chi connectivity index (χ1v) is 12.2. The Kier molecular flexibility index (Phi) is 5.04. The Hall–Kier alpha value is -3.61. The number of hydrogen-bond acceptors (Lipinski definition) is 5. The van der Waals surface area contributed by atoms with Gasteiger partial charge in [0.15, 0.2) is 0 Å². The number of carbonyl (C=O) groups excluding carboxylic acids is 4. The minimum Gasteiger partial charge on any atom is -0.349 e. The Bertz CT molecular complexity index is 1410. The molecule has 36 heavy (non-hydrogen) atoms. The van der Waals surface area contributed by atoms with Crippen LogP contribution in [0, 0.1) is 11.8 Å². The first-order valence-electron chi connectivity index (χ1n) is 11.9. The molecule has 180 valence electrons. The van der Waals surface area contributed by atoms with Gasteiger partial charge in [-0.3, -0.25) is 19.2 Å². The van der Waals surface area contributed by atoms with Gasteiger partial charge in [0.25, 0.3) is 0 Å². The maximum atomic E-state index is 14.0. The highest BCUT2D eigenvalue weighted by Gasteiger charge is 2.74. The van der Waals surface area contributed by atoms with Gasteiger partial charge in [-0.2, -0.15) is 0 Å². The van der Waals surface area contributed by atoms with Gasteiger partial charge in [0, 0.05) is 16.1 Å². The van der Waals surface area contributed by atoms with E-state index in [1.165, 1.54) is 0 Å².